The van der Waals surface area contributed by atoms with E-state index in [4.69, 9.17) is 22.3 Å². The Labute approximate surface area is 130 Å². The number of rotatable bonds is 6. The molecule has 1 aromatic carbocycles. The highest BCUT2D eigenvalue weighted by atomic mass is 16.2. The molecule has 1 aromatic heterocycles. The van der Waals surface area contributed by atoms with Gasteiger partial charge in [-0.2, -0.15) is 5.10 Å². The maximum atomic E-state index is 9.14. The average molecular weight is 304 g/mol. The van der Waals surface area contributed by atoms with E-state index in [2.05, 4.69) is 10.4 Å². The van der Waals surface area contributed by atoms with E-state index in [9.17, 15) is 0 Å². The molecule has 0 spiro atoms. The first-order valence-electron chi connectivity index (χ1n) is 7.29. The van der Waals surface area contributed by atoms with Crippen molar-refractivity contribution < 1.29 is 5.11 Å². The van der Waals surface area contributed by atoms with Crippen LogP contribution in [0, 0.1) is 0 Å². The number of nitrogen functional groups attached to an aromatic ring is 3. The number of hydrogen-bond donors (Lipinski definition) is 5. The standard InChI is InChI=1S/C15H24N6O/c1-9(2)21-15(18)14(17)13(20-21)8-19-12-4-3-11(16)7-10(12)5-6-22/h3-4,7,9,19,22H,5-6,8,16-18H2,1-2H3. The van der Waals surface area contributed by atoms with Gasteiger partial charge in [0, 0.05) is 24.0 Å². The number of nitrogens with two attached hydrogens (primary N) is 3. The molecule has 0 radical (unpaired) electrons. The fourth-order valence-corrected chi connectivity index (χ4v) is 2.33. The summed E-state index contributed by atoms with van der Waals surface area (Å²) in [6.45, 7) is 4.52. The molecule has 22 heavy (non-hydrogen) atoms. The quantitative estimate of drug-likeness (QED) is 0.513. The SMILES string of the molecule is CC(C)n1nc(CNc2ccc(N)cc2CCO)c(N)c1N. The molecule has 1 heterocycles. The lowest BCUT2D eigenvalue weighted by molar-refractivity contribution is 0.300. The molecule has 0 aliphatic carbocycles. The number of benzene rings is 1. The molecule has 0 atom stereocenters. The van der Waals surface area contributed by atoms with Crippen LogP contribution in [-0.4, -0.2) is 21.5 Å². The number of aliphatic hydroxyl groups excluding tert-OH is 1. The lowest BCUT2D eigenvalue weighted by atomic mass is 10.1. The van der Waals surface area contributed by atoms with Crippen LogP contribution in [0.5, 0.6) is 0 Å². The Kier molecular flexibility index (Phi) is 4.77. The van der Waals surface area contributed by atoms with E-state index in [0.29, 0.717) is 35.9 Å². The predicted molar refractivity (Wildman–Crippen MR) is 90.4 cm³/mol. The molecule has 0 aliphatic rings. The Morgan fingerprint density at radius 1 is 1.27 bits per heavy atom. The van der Waals surface area contributed by atoms with E-state index < -0.39 is 0 Å². The van der Waals surface area contributed by atoms with Crippen LogP contribution in [-0.2, 0) is 13.0 Å². The van der Waals surface area contributed by atoms with Crippen LogP contribution in [0.4, 0.5) is 22.9 Å². The van der Waals surface area contributed by atoms with Gasteiger partial charge in [0.25, 0.3) is 0 Å². The van der Waals surface area contributed by atoms with Gasteiger partial charge in [-0.15, -0.1) is 0 Å². The minimum atomic E-state index is 0.0647. The lowest BCUT2D eigenvalue weighted by Crippen LogP contribution is -2.08. The zero-order valence-electron chi connectivity index (χ0n) is 13.0. The minimum absolute atomic E-state index is 0.0647. The molecule has 0 saturated heterocycles. The number of aromatic nitrogens is 2. The highest BCUT2D eigenvalue weighted by molar-refractivity contribution is 5.64. The predicted octanol–water partition coefficient (Wildman–Crippen LogP) is 1.36. The molecule has 0 unspecified atom stereocenters. The summed E-state index contributed by atoms with van der Waals surface area (Å²) in [6, 6.07) is 5.70. The Morgan fingerprint density at radius 3 is 2.59 bits per heavy atom. The van der Waals surface area contributed by atoms with Gasteiger partial charge in [0.05, 0.1) is 12.2 Å². The van der Waals surface area contributed by atoms with E-state index in [1.165, 1.54) is 0 Å². The Balaban J connectivity index is 2.18. The van der Waals surface area contributed by atoms with Gasteiger partial charge in [-0.3, -0.25) is 0 Å². The van der Waals surface area contributed by atoms with Crippen molar-refractivity contribution in [3.05, 3.63) is 29.5 Å². The van der Waals surface area contributed by atoms with Crippen molar-refractivity contribution >= 4 is 22.9 Å². The second kappa shape index (κ2) is 6.57. The topological polar surface area (TPSA) is 128 Å². The first-order valence-corrected chi connectivity index (χ1v) is 7.29. The monoisotopic (exact) mass is 304 g/mol. The Morgan fingerprint density at radius 2 is 2.00 bits per heavy atom. The Hall–Kier alpha value is -2.41. The molecule has 120 valence electrons. The fraction of sp³-hybridized carbons (Fsp3) is 0.400. The summed E-state index contributed by atoms with van der Waals surface area (Å²) in [6.07, 6.45) is 0.533. The summed E-state index contributed by atoms with van der Waals surface area (Å²) in [7, 11) is 0. The summed E-state index contributed by atoms with van der Waals surface area (Å²) in [5.74, 6) is 0.486. The summed E-state index contributed by atoms with van der Waals surface area (Å²) in [5, 5.41) is 16.9. The molecule has 0 aliphatic heterocycles. The molecule has 0 saturated carbocycles. The van der Waals surface area contributed by atoms with Crippen LogP contribution < -0.4 is 22.5 Å². The number of hydrogen-bond acceptors (Lipinski definition) is 6. The van der Waals surface area contributed by atoms with Crippen molar-refractivity contribution in [1.29, 1.82) is 0 Å². The molecular weight excluding hydrogens is 280 g/mol. The molecular formula is C15H24N6O. The van der Waals surface area contributed by atoms with Gasteiger partial charge in [-0.25, -0.2) is 4.68 Å². The zero-order valence-corrected chi connectivity index (χ0v) is 13.0. The van der Waals surface area contributed by atoms with Crippen molar-refractivity contribution in [3.63, 3.8) is 0 Å². The molecule has 2 aromatic rings. The second-order valence-electron chi connectivity index (χ2n) is 5.53. The summed E-state index contributed by atoms with van der Waals surface area (Å²) in [4.78, 5) is 0. The van der Waals surface area contributed by atoms with E-state index in [1.807, 2.05) is 32.0 Å². The molecule has 7 nitrogen and oxygen atoms in total. The van der Waals surface area contributed by atoms with Crippen molar-refractivity contribution in [3.8, 4) is 0 Å². The van der Waals surface area contributed by atoms with Crippen LogP contribution in [0.1, 0.15) is 31.1 Å². The van der Waals surface area contributed by atoms with Crippen molar-refractivity contribution in [1.82, 2.24) is 9.78 Å². The van der Waals surface area contributed by atoms with Gasteiger partial charge in [0.1, 0.15) is 11.5 Å². The molecule has 2 rings (SSSR count). The number of anilines is 4. The average Bonchev–Trinajstić information content (AvgIpc) is 2.75. The van der Waals surface area contributed by atoms with Crippen LogP contribution in [0.25, 0.3) is 0 Å². The molecule has 0 fully saturated rings. The molecule has 7 heteroatoms. The van der Waals surface area contributed by atoms with Crippen molar-refractivity contribution in [2.45, 2.75) is 32.9 Å². The summed E-state index contributed by atoms with van der Waals surface area (Å²) < 4.78 is 1.71. The molecule has 8 N–H and O–H groups in total. The summed E-state index contributed by atoms with van der Waals surface area (Å²) >= 11 is 0. The van der Waals surface area contributed by atoms with Crippen LogP contribution >= 0.6 is 0 Å². The second-order valence-corrected chi connectivity index (χ2v) is 5.53. The molecule has 0 bridgehead atoms. The first kappa shape index (κ1) is 16.0. The molecule has 0 amide bonds. The van der Waals surface area contributed by atoms with E-state index in [0.717, 1.165) is 11.3 Å². The van der Waals surface area contributed by atoms with Gasteiger partial charge in [0.2, 0.25) is 0 Å². The van der Waals surface area contributed by atoms with Gasteiger partial charge in [-0.1, -0.05) is 0 Å². The van der Waals surface area contributed by atoms with E-state index in [-0.39, 0.29) is 12.6 Å². The Bertz CT molecular complexity index is 650. The maximum Gasteiger partial charge on any atom is 0.145 e. The highest BCUT2D eigenvalue weighted by Gasteiger charge is 2.14. The number of nitrogens with zero attached hydrogens (tertiary/aromatic N) is 2. The zero-order chi connectivity index (χ0) is 16.3. The lowest BCUT2D eigenvalue weighted by Gasteiger charge is -2.11. The van der Waals surface area contributed by atoms with Gasteiger partial charge >= 0.3 is 0 Å². The number of nitrogens with one attached hydrogen (secondary N) is 1. The van der Waals surface area contributed by atoms with E-state index >= 15 is 0 Å². The maximum absolute atomic E-state index is 9.14. The third-order valence-electron chi connectivity index (χ3n) is 3.51. The van der Waals surface area contributed by atoms with Crippen LogP contribution in [0.15, 0.2) is 18.2 Å². The highest BCUT2D eigenvalue weighted by Crippen LogP contribution is 2.25. The van der Waals surface area contributed by atoms with Crippen molar-refractivity contribution in [2.75, 3.05) is 29.1 Å². The first-order chi connectivity index (χ1) is 10.4. The normalized spacial score (nSPS) is 11.1. The minimum Gasteiger partial charge on any atom is -0.399 e. The largest absolute Gasteiger partial charge is 0.399 e. The fourth-order valence-electron chi connectivity index (χ4n) is 2.33. The van der Waals surface area contributed by atoms with Gasteiger partial charge in [0.15, 0.2) is 0 Å². The smallest absolute Gasteiger partial charge is 0.145 e. The van der Waals surface area contributed by atoms with E-state index in [1.54, 1.807) is 4.68 Å². The van der Waals surface area contributed by atoms with Crippen molar-refractivity contribution in [2.24, 2.45) is 0 Å². The summed E-state index contributed by atoms with van der Waals surface area (Å²) in [5.41, 5.74) is 21.5. The number of aliphatic hydroxyl groups is 1. The van der Waals surface area contributed by atoms with Gasteiger partial charge in [-0.05, 0) is 44.0 Å². The van der Waals surface area contributed by atoms with Crippen LogP contribution in [0.2, 0.25) is 0 Å². The van der Waals surface area contributed by atoms with Crippen LogP contribution in [0.3, 0.4) is 0 Å². The van der Waals surface area contributed by atoms with Gasteiger partial charge < -0.3 is 27.6 Å². The third kappa shape index (κ3) is 3.25. The third-order valence-corrected chi connectivity index (χ3v) is 3.51.